The van der Waals surface area contributed by atoms with Gasteiger partial charge < -0.3 is 15.5 Å². The minimum Gasteiger partial charge on any atom is -0.355 e. The van der Waals surface area contributed by atoms with Gasteiger partial charge in [-0.3, -0.25) is 4.79 Å². The lowest BCUT2D eigenvalue weighted by molar-refractivity contribution is -0.123. The van der Waals surface area contributed by atoms with Gasteiger partial charge in [-0.1, -0.05) is 36.8 Å². The van der Waals surface area contributed by atoms with E-state index in [2.05, 4.69) is 46.8 Å². The second kappa shape index (κ2) is 8.80. The number of benzene rings is 1. The molecule has 0 saturated carbocycles. The van der Waals surface area contributed by atoms with E-state index in [1.165, 1.54) is 12.0 Å². The van der Waals surface area contributed by atoms with Crippen molar-refractivity contribution >= 4 is 5.91 Å². The summed E-state index contributed by atoms with van der Waals surface area (Å²) >= 11 is 0. The average molecular weight is 289 g/mol. The van der Waals surface area contributed by atoms with Crippen molar-refractivity contribution in [3.05, 3.63) is 35.9 Å². The van der Waals surface area contributed by atoms with Crippen molar-refractivity contribution in [1.82, 2.24) is 15.5 Å². The second-order valence-corrected chi connectivity index (χ2v) is 5.87. The molecule has 1 amide bonds. The Bertz CT molecular complexity index is 415. The van der Waals surface area contributed by atoms with E-state index in [4.69, 9.17) is 0 Å². The van der Waals surface area contributed by atoms with Gasteiger partial charge in [-0.05, 0) is 45.0 Å². The van der Waals surface area contributed by atoms with Crippen LogP contribution in [0, 0.1) is 0 Å². The molecule has 1 heterocycles. The third kappa shape index (κ3) is 5.86. The summed E-state index contributed by atoms with van der Waals surface area (Å²) in [5, 5.41) is 6.32. The van der Waals surface area contributed by atoms with E-state index in [1.54, 1.807) is 0 Å². The molecule has 1 aliphatic rings. The fourth-order valence-electron chi connectivity index (χ4n) is 2.73. The molecular formula is C17H27N3O. The molecule has 1 fully saturated rings. The van der Waals surface area contributed by atoms with E-state index in [1.807, 2.05) is 6.07 Å². The summed E-state index contributed by atoms with van der Waals surface area (Å²) in [5.41, 5.74) is 1.33. The number of nitrogens with one attached hydrogen (secondary N) is 2. The van der Waals surface area contributed by atoms with Crippen LogP contribution in [0.25, 0.3) is 0 Å². The maximum absolute atomic E-state index is 11.9. The maximum atomic E-state index is 11.9. The number of amides is 1. The topological polar surface area (TPSA) is 44.4 Å². The third-order valence-corrected chi connectivity index (χ3v) is 3.94. The van der Waals surface area contributed by atoms with Crippen molar-refractivity contribution in [2.45, 2.75) is 38.3 Å². The molecule has 0 unspecified atom stereocenters. The first-order valence-corrected chi connectivity index (χ1v) is 7.99. The highest BCUT2D eigenvalue weighted by Gasteiger charge is 2.19. The molecule has 4 nitrogen and oxygen atoms in total. The zero-order chi connectivity index (χ0) is 14.9. The van der Waals surface area contributed by atoms with Crippen LogP contribution >= 0.6 is 0 Å². The van der Waals surface area contributed by atoms with Gasteiger partial charge in [-0.15, -0.1) is 0 Å². The highest BCUT2D eigenvalue weighted by atomic mass is 16.2. The molecule has 1 aromatic carbocycles. The van der Waals surface area contributed by atoms with Crippen molar-refractivity contribution in [1.29, 1.82) is 0 Å². The summed E-state index contributed by atoms with van der Waals surface area (Å²) in [6, 6.07) is 10.5. The molecule has 0 aromatic heterocycles. The van der Waals surface area contributed by atoms with Gasteiger partial charge in [0.2, 0.25) is 5.91 Å². The van der Waals surface area contributed by atoms with Crippen LogP contribution in [0.15, 0.2) is 30.3 Å². The monoisotopic (exact) mass is 289 g/mol. The number of nitrogens with zero attached hydrogens (tertiary/aromatic N) is 1. The van der Waals surface area contributed by atoms with Gasteiger partial charge in [0, 0.05) is 13.1 Å². The largest absolute Gasteiger partial charge is 0.355 e. The van der Waals surface area contributed by atoms with Crippen LogP contribution in [0.4, 0.5) is 0 Å². The van der Waals surface area contributed by atoms with E-state index in [0.29, 0.717) is 0 Å². The Morgan fingerprint density at radius 3 is 2.86 bits per heavy atom. The van der Waals surface area contributed by atoms with Crippen LogP contribution in [-0.2, 0) is 11.3 Å². The first kappa shape index (κ1) is 16.0. The van der Waals surface area contributed by atoms with Crippen LogP contribution < -0.4 is 10.6 Å². The molecule has 0 aliphatic carbocycles. The van der Waals surface area contributed by atoms with Crippen LogP contribution in [0.2, 0.25) is 0 Å². The fraction of sp³-hybridized carbons (Fsp3) is 0.588. The maximum Gasteiger partial charge on any atom is 0.237 e. The lowest BCUT2D eigenvalue weighted by atomic mass is 10.0. The predicted octanol–water partition coefficient (Wildman–Crippen LogP) is 1.77. The minimum atomic E-state index is 0.0285. The van der Waals surface area contributed by atoms with Crippen molar-refractivity contribution in [3.8, 4) is 0 Å². The van der Waals surface area contributed by atoms with Crippen molar-refractivity contribution in [2.24, 2.45) is 0 Å². The Morgan fingerprint density at radius 2 is 2.14 bits per heavy atom. The van der Waals surface area contributed by atoms with E-state index in [-0.39, 0.29) is 11.9 Å². The van der Waals surface area contributed by atoms with Gasteiger partial charge in [0.1, 0.15) is 0 Å². The molecule has 2 rings (SSSR count). The lowest BCUT2D eigenvalue weighted by Gasteiger charge is -2.23. The molecule has 1 atom stereocenters. The molecular weight excluding hydrogens is 262 g/mol. The zero-order valence-corrected chi connectivity index (χ0v) is 13.0. The normalized spacial score (nSPS) is 18.7. The Morgan fingerprint density at radius 1 is 1.33 bits per heavy atom. The van der Waals surface area contributed by atoms with Crippen LogP contribution in [-0.4, -0.2) is 43.5 Å². The molecule has 1 saturated heterocycles. The summed E-state index contributed by atoms with van der Waals surface area (Å²) in [6.07, 6.45) is 4.31. The Balaban J connectivity index is 1.57. The van der Waals surface area contributed by atoms with E-state index in [0.717, 1.165) is 45.4 Å². The van der Waals surface area contributed by atoms with Gasteiger partial charge >= 0.3 is 0 Å². The molecule has 2 N–H and O–H groups in total. The van der Waals surface area contributed by atoms with E-state index < -0.39 is 0 Å². The van der Waals surface area contributed by atoms with Crippen molar-refractivity contribution in [2.75, 3.05) is 26.7 Å². The van der Waals surface area contributed by atoms with Crippen LogP contribution in [0.5, 0.6) is 0 Å². The van der Waals surface area contributed by atoms with Crippen LogP contribution in [0.3, 0.4) is 0 Å². The first-order valence-electron chi connectivity index (χ1n) is 7.99. The smallest absolute Gasteiger partial charge is 0.237 e. The molecule has 0 bridgehead atoms. The summed E-state index contributed by atoms with van der Waals surface area (Å²) in [7, 11) is 2.12. The second-order valence-electron chi connectivity index (χ2n) is 5.87. The molecule has 21 heavy (non-hydrogen) atoms. The van der Waals surface area contributed by atoms with Gasteiger partial charge in [0.15, 0.2) is 0 Å². The average Bonchev–Trinajstić information content (AvgIpc) is 2.53. The predicted molar refractivity (Wildman–Crippen MR) is 86.0 cm³/mol. The van der Waals surface area contributed by atoms with Crippen molar-refractivity contribution in [3.63, 3.8) is 0 Å². The lowest BCUT2D eigenvalue weighted by Crippen LogP contribution is -2.47. The summed E-state index contributed by atoms with van der Waals surface area (Å²) in [4.78, 5) is 14.2. The quantitative estimate of drug-likeness (QED) is 0.752. The minimum absolute atomic E-state index is 0.0285. The highest BCUT2D eigenvalue weighted by molar-refractivity contribution is 5.81. The molecule has 0 spiro atoms. The number of hydrogen-bond acceptors (Lipinski definition) is 3. The summed E-state index contributed by atoms with van der Waals surface area (Å²) in [6.45, 7) is 3.68. The molecule has 1 aromatic rings. The number of rotatable bonds is 7. The number of piperidine rings is 1. The Labute approximate surface area is 127 Å². The number of carbonyl (C=O) groups is 1. The van der Waals surface area contributed by atoms with Crippen LogP contribution in [0.1, 0.15) is 31.2 Å². The van der Waals surface area contributed by atoms with Gasteiger partial charge in [0.05, 0.1) is 6.04 Å². The van der Waals surface area contributed by atoms with E-state index in [9.17, 15) is 4.79 Å². The van der Waals surface area contributed by atoms with Gasteiger partial charge in [0.25, 0.3) is 0 Å². The van der Waals surface area contributed by atoms with Gasteiger partial charge in [-0.2, -0.15) is 0 Å². The standard InChI is InChI=1S/C17H27N3O/c1-20(14-15-8-3-2-4-9-15)13-7-12-19-17(21)16-10-5-6-11-18-16/h2-4,8-9,16,18H,5-7,10-14H2,1H3,(H,19,21)/t16-/m1/s1. The Hall–Kier alpha value is -1.39. The first-order chi connectivity index (χ1) is 10.3. The van der Waals surface area contributed by atoms with Crippen molar-refractivity contribution < 1.29 is 4.79 Å². The highest BCUT2D eigenvalue weighted by Crippen LogP contribution is 2.06. The summed E-state index contributed by atoms with van der Waals surface area (Å²) in [5.74, 6) is 0.167. The Kier molecular flexibility index (Phi) is 6.70. The van der Waals surface area contributed by atoms with E-state index >= 15 is 0 Å². The molecule has 0 radical (unpaired) electrons. The summed E-state index contributed by atoms with van der Waals surface area (Å²) < 4.78 is 0. The molecule has 116 valence electrons. The molecule has 4 heteroatoms. The van der Waals surface area contributed by atoms with Gasteiger partial charge in [-0.25, -0.2) is 0 Å². The number of hydrogen-bond donors (Lipinski definition) is 2. The number of carbonyl (C=O) groups excluding carboxylic acids is 1. The zero-order valence-electron chi connectivity index (χ0n) is 13.0. The SMILES string of the molecule is CN(CCCNC(=O)[C@H]1CCCCN1)Cc1ccccc1. The molecule has 1 aliphatic heterocycles. The fourth-order valence-corrected chi connectivity index (χ4v) is 2.73. The third-order valence-electron chi connectivity index (χ3n) is 3.94.